The second kappa shape index (κ2) is 10.5. The molecular formula is C20H29N5O3. The molecule has 28 heavy (non-hydrogen) atoms. The maximum atomic E-state index is 11.9. The summed E-state index contributed by atoms with van der Waals surface area (Å²) in [6.45, 7) is 7.79. The Kier molecular flexibility index (Phi) is 8.10. The molecule has 0 bridgehead atoms. The molecule has 0 saturated carbocycles. The van der Waals surface area contributed by atoms with Gasteiger partial charge in [0.2, 0.25) is 5.82 Å². The van der Waals surface area contributed by atoms with Gasteiger partial charge in [-0.3, -0.25) is 4.79 Å². The van der Waals surface area contributed by atoms with E-state index >= 15 is 0 Å². The fourth-order valence-corrected chi connectivity index (χ4v) is 2.66. The molecule has 1 amide bonds. The predicted octanol–water partition coefficient (Wildman–Crippen LogP) is 2.52. The van der Waals surface area contributed by atoms with Crippen LogP contribution in [0.5, 0.6) is 0 Å². The van der Waals surface area contributed by atoms with Gasteiger partial charge in [-0.1, -0.05) is 56.5 Å². The minimum absolute atomic E-state index is 0.0546. The number of amides is 1. The first-order chi connectivity index (χ1) is 13.3. The zero-order chi connectivity index (χ0) is 20.5. The van der Waals surface area contributed by atoms with E-state index < -0.39 is 5.97 Å². The van der Waals surface area contributed by atoms with Gasteiger partial charge >= 0.3 is 5.97 Å². The minimum atomic E-state index is -0.588. The average Bonchev–Trinajstić information content (AvgIpc) is 3.08. The van der Waals surface area contributed by atoms with E-state index in [1.165, 1.54) is 0 Å². The van der Waals surface area contributed by atoms with E-state index in [0.717, 1.165) is 35.2 Å². The molecule has 1 aromatic carbocycles. The molecule has 1 N–H and O–H groups in total. The highest BCUT2D eigenvalue weighted by molar-refractivity contribution is 5.80. The number of esters is 1. The number of nitrogens with one attached hydrogen (secondary N) is 1. The third-order valence-electron chi connectivity index (χ3n) is 4.22. The van der Waals surface area contributed by atoms with Crippen molar-refractivity contribution >= 4 is 11.9 Å². The summed E-state index contributed by atoms with van der Waals surface area (Å²) in [6, 6.07) is 7.74. The van der Waals surface area contributed by atoms with E-state index in [2.05, 4.69) is 34.6 Å². The Morgan fingerprint density at radius 1 is 1.14 bits per heavy atom. The number of hydrogen-bond donors (Lipinski definition) is 1. The Morgan fingerprint density at radius 2 is 1.86 bits per heavy atom. The number of aromatic nitrogens is 4. The first-order valence-electron chi connectivity index (χ1n) is 9.63. The molecular weight excluding hydrogens is 358 g/mol. The summed E-state index contributed by atoms with van der Waals surface area (Å²) in [7, 11) is 0. The zero-order valence-electron chi connectivity index (χ0n) is 17.0. The van der Waals surface area contributed by atoms with Crippen molar-refractivity contribution in [2.75, 3.05) is 6.61 Å². The molecule has 0 spiro atoms. The number of tetrazole rings is 1. The lowest BCUT2D eigenvalue weighted by molar-refractivity contribution is -0.149. The van der Waals surface area contributed by atoms with Crippen molar-refractivity contribution in [1.29, 1.82) is 0 Å². The summed E-state index contributed by atoms with van der Waals surface area (Å²) in [4.78, 5) is 25.0. The Balaban J connectivity index is 1.72. The molecule has 0 radical (unpaired) electrons. The fraction of sp³-hybridized carbons (Fsp3) is 0.550. The van der Waals surface area contributed by atoms with Crippen molar-refractivity contribution in [2.45, 2.75) is 59.5 Å². The van der Waals surface area contributed by atoms with Crippen LogP contribution in [0.15, 0.2) is 24.3 Å². The molecule has 1 unspecified atom stereocenters. The number of aryl methyl sites for hydroxylation is 1. The van der Waals surface area contributed by atoms with Crippen LogP contribution in [0, 0.1) is 12.8 Å². The maximum Gasteiger partial charge on any atom is 0.330 e. The van der Waals surface area contributed by atoms with E-state index in [4.69, 9.17) is 4.74 Å². The van der Waals surface area contributed by atoms with Gasteiger partial charge < -0.3 is 10.1 Å². The molecule has 0 saturated heterocycles. The SMILES string of the molecule is Cc1ccc(-c2nnn(CC(=O)OCC(=O)NC(C)CCCC(C)C)n2)cc1. The molecule has 2 aromatic rings. The van der Waals surface area contributed by atoms with Crippen LogP contribution >= 0.6 is 0 Å². The Bertz CT molecular complexity index is 770. The van der Waals surface area contributed by atoms with Gasteiger partial charge in [0, 0.05) is 11.6 Å². The summed E-state index contributed by atoms with van der Waals surface area (Å²) in [6.07, 6.45) is 3.09. The number of carbonyl (C=O) groups is 2. The minimum Gasteiger partial charge on any atom is -0.454 e. The lowest BCUT2D eigenvalue weighted by atomic mass is 10.0. The number of ether oxygens (including phenoxy) is 1. The molecule has 1 atom stereocenters. The maximum absolute atomic E-state index is 11.9. The molecule has 0 aliphatic heterocycles. The van der Waals surface area contributed by atoms with Crippen molar-refractivity contribution in [1.82, 2.24) is 25.5 Å². The summed E-state index contributed by atoms with van der Waals surface area (Å²) in [5.41, 5.74) is 1.95. The second-order valence-corrected chi connectivity index (χ2v) is 7.46. The Labute approximate surface area is 165 Å². The van der Waals surface area contributed by atoms with Crippen molar-refractivity contribution in [3.8, 4) is 11.4 Å². The van der Waals surface area contributed by atoms with E-state index in [0.29, 0.717) is 11.7 Å². The highest BCUT2D eigenvalue weighted by atomic mass is 16.5. The van der Waals surface area contributed by atoms with E-state index in [9.17, 15) is 9.59 Å². The first kappa shape index (κ1) is 21.5. The quantitative estimate of drug-likeness (QED) is 0.629. The van der Waals surface area contributed by atoms with Crippen LogP contribution < -0.4 is 5.32 Å². The summed E-state index contributed by atoms with van der Waals surface area (Å²) >= 11 is 0. The Hall–Kier alpha value is -2.77. The summed E-state index contributed by atoms with van der Waals surface area (Å²) in [5.74, 6) is 0.189. The number of rotatable bonds is 10. The monoisotopic (exact) mass is 387 g/mol. The summed E-state index contributed by atoms with van der Waals surface area (Å²) < 4.78 is 5.00. The van der Waals surface area contributed by atoms with Crippen LogP contribution in [-0.4, -0.2) is 44.7 Å². The van der Waals surface area contributed by atoms with Crippen molar-refractivity contribution in [3.05, 3.63) is 29.8 Å². The van der Waals surface area contributed by atoms with Crippen LogP contribution in [0.2, 0.25) is 0 Å². The van der Waals surface area contributed by atoms with Gasteiger partial charge in [-0.05, 0) is 31.4 Å². The number of nitrogens with zero attached hydrogens (tertiary/aromatic N) is 4. The van der Waals surface area contributed by atoms with Crippen molar-refractivity contribution < 1.29 is 14.3 Å². The van der Waals surface area contributed by atoms with Crippen LogP contribution in [0.25, 0.3) is 11.4 Å². The predicted molar refractivity (Wildman–Crippen MR) is 105 cm³/mol. The van der Waals surface area contributed by atoms with Gasteiger partial charge in [-0.15, -0.1) is 10.2 Å². The number of carbonyl (C=O) groups excluding carboxylic acids is 2. The van der Waals surface area contributed by atoms with E-state index in [1.807, 2.05) is 38.1 Å². The lowest BCUT2D eigenvalue weighted by Crippen LogP contribution is -2.36. The van der Waals surface area contributed by atoms with Crippen LogP contribution in [-0.2, 0) is 20.9 Å². The normalized spacial score (nSPS) is 12.0. The topological polar surface area (TPSA) is 99.0 Å². The molecule has 0 aliphatic rings. The van der Waals surface area contributed by atoms with Crippen molar-refractivity contribution in [3.63, 3.8) is 0 Å². The van der Waals surface area contributed by atoms with Crippen LogP contribution in [0.3, 0.4) is 0 Å². The van der Waals surface area contributed by atoms with E-state index in [1.54, 1.807) is 0 Å². The molecule has 2 rings (SSSR count). The standard InChI is InChI=1S/C20H29N5O3/c1-14(2)6-5-7-16(4)21-18(26)13-28-19(27)12-25-23-20(22-24-25)17-10-8-15(3)9-11-17/h8-11,14,16H,5-7,12-13H2,1-4H3,(H,21,26). The zero-order valence-corrected chi connectivity index (χ0v) is 17.0. The van der Waals surface area contributed by atoms with Gasteiger partial charge in [-0.2, -0.15) is 4.80 Å². The lowest BCUT2D eigenvalue weighted by Gasteiger charge is -2.14. The van der Waals surface area contributed by atoms with Gasteiger partial charge in [0.05, 0.1) is 0 Å². The van der Waals surface area contributed by atoms with Crippen molar-refractivity contribution in [2.24, 2.45) is 5.92 Å². The Morgan fingerprint density at radius 3 is 2.54 bits per heavy atom. The van der Waals surface area contributed by atoms with Crippen LogP contribution in [0.1, 0.15) is 45.6 Å². The smallest absolute Gasteiger partial charge is 0.330 e. The molecule has 0 aliphatic carbocycles. The first-order valence-corrected chi connectivity index (χ1v) is 9.63. The van der Waals surface area contributed by atoms with Gasteiger partial charge in [-0.25, -0.2) is 4.79 Å². The highest BCUT2D eigenvalue weighted by Crippen LogP contribution is 2.13. The fourth-order valence-electron chi connectivity index (χ4n) is 2.66. The molecule has 1 aromatic heterocycles. The third kappa shape index (κ3) is 7.46. The number of benzene rings is 1. The molecule has 152 valence electrons. The summed E-state index contributed by atoms with van der Waals surface area (Å²) in [5, 5.41) is 14.8. The second-order valence-electron chi connectivity index (χ2n) is 7.46. The van der Waals surface area contributed by atoms with Gasteiger partial charge in [0.25, 0.3) is 5.91 Å². The van der Waals surface area contributed by atoms with Crippen LogP contribution in [0.4, 0.5) is 0 Å². The number of hydrogen-bond acceptors (Lipinski definition) is 6. The molecule has 1 heterocycles. The molecule has 8 heteroatoms. The highest BCUT2D eigenvalue weighted by Gasteiger charge is 2.13. The third-order valence-corrected chi connectivity index (χ3v) is 4.22. The molecule has 0 fully saturated rings. The molecule has 8 nitrogen and oxygen atoms in total. The van der Waals surface area contributed by atoms with Gasteiger partial charge in [0.15, 0.2) is 13.2 Å². The largest absolute Gasteiger partial charge is 0.454 e. The van der Waals surface area contributed by atoms with Gasteiger partial charge in [0.1, 0.15) is 0 Å². The average molecular weight is 387 g/mol. The van der Waals surface area contributed by atoms with E-state index in [-0.39, 0.29) is 25.1 Å².